The number of benzene rings is 1. The fraction of sp³-hybridized carbons (Fsp3) is 0.533. The Bertz CT molecular complexity index is 629. The van der Waals surface area contributed by atoms with E-state index in [0.29, 0.717) is 11.4 Å². The average molecular weight is 347 g/mol. The molecule has 22 heavy (non-hydrogen) atoms. The van der Waals surface area contributed by atoms with E-state index in [1.54, 1.807) is 0 Å². The third kappa shape index (κ3) is 5.59. The molecule has 1 unspecified atom stereocenters. The minimum Gasteiger partial charge on any atom is -0.480 e. The third-order valence-electron chi connectivity index (χ3n) is 3.74. The third-order valence-corrected chi connectivity index (χ3v) is 5.82. The maximum absolute atomic E-state index is 12.3. The highest BCUT2D eigenvalue weighted by Crippen LogP contribution is 2.32. The lowest BCUT2D eigenvalue weighted by atomic mass is 9.82. The molecule has 0 aliphatic rings. The number of carboxylic acid groups (broad SMARTS) is 1. The smallest absolute Gasteiger partial charge is 0.320 e. The first-order chi connectivity index (χ1) is 10.1. The van der Waals surface area contributed by atoms with Gasteiger partial charge in [-0.1, -0.05) is 43.6 Å². The highest BCUT2D eigenvalue weighted by atomic mass is 35.5. The Morgan fingerprint density at radius 1 is 1.41 bits per heavy atom. The van der Waals surface area contributed by atoms with Crippen molar-refractivity contribution in [1.82, 2.24) is 0 Å². The molecule has 0 saturated carbocycles. The van der Waals surface area contributed by atoms with E-state index in [1.165, 1.54) is 0 Å². The first kappa shape index (κ1) is 18.9. The van der Waals surface area contributed by atoms with Gasteiger partial charge in [-0.15, -0.1) is 0 Å². The summed E-state index contributed by atoms with van der Waals surface area (Å²) in [7, 11) is -2.85. The van der Waals surface area contributed by atoms with E-state index in [4.69, 9.17) is 27.2 Å². The van der Waals surface area contributed by atoms with Gasteiger partial charge in [0.2, 0.25) is 0 Å². The molecular weight excluding hydrogens is 324 g/mol. The van der Waals surface area contributed by atoms with Crippen LogP contribution in [-0.4, -0.2) is 32.8 Å². The number of nitrogens with one attached hydrogen (secondary N) is 1. The fourth-order valence-corrected chi connectivity index (χ4v) is 4.18. The highest BCUT2D eigenvalue weighted by Gasteiger charge is 2.25. The molecule has 0 bridgehead atoms. The lowest BCUT2D eigenvalue weighted by molar-refractivity contribution is -0.138. The number of carboxylic acids is 1. The summed E-state index contributed by atoms with van der Waals surface area (Å²) in [6, 6.07) is 6.41. The van der Waals surface area contributed by atoms with E-state index in [0.717, 1.165) is 5.56 Å². The van der Waals surface area contributed by atoms with Gasteiger partial charge in [0.1, 0.15) is 6.04 Å². The van der Waals surface area contributed by atoms with Gasteiger partial charge in [-0.05, 0) is 29.9 Å². The fourth-order valence-electron chi connectivity index (χ4n) is 2.11. The Morgan fingerprint density at radius 3 is 2.55 bits per heavy atom. The van der Waals surface area contributed by atoms with Gasteiger partial charge in [-0.25, -0.2) is 4.21 Å². The van der Waals surface area contributed by atoms with Crippen LogP contribution in [0.25, 0.3) is 0 Å². The maximum atomic E-state index is 12.3. The number of hydrogen-bond acceptors (Lipinski definition) is 4. The van der Waals surface area contributed by atoms with Crippen molar-refractivity contribution in [1.29, 1.82) is 4.78 Å². The number of rotatable bonds is 8. The van der Waals surface area contributed by atoms with Gasteiger partial charge in [0, 0.05) is 26.3 Å². The number of hydrogen-bond donors (Lipinski definition) is 3. The van der Waals surface area contributed by atoms with Crippen LogP contribution >= 0.6 is 11.6 Å². The molecule has 0 aromatic heterocycles. The summed E-state index contributed by atoms with van der Waals surface area (Å²) in [6.07, 6.45) is 0.575. The zero-order valence-corrected chi connectivity index (χ0v) is 14.4. The van der Waals surface area contributed by atoms with E-state index in [-0.39, 0.29) is 23.3 Å². The Kier molecular flexibility index (Phi) is 6.40. The van der Waals surface area contributed by atoms with Crippen LogP contribution in [0.15, 0.2) is 24.3 Å². The van der Waals surface area contributed by atoms with E-state index >= 15 is 0 Å². The van der Waals surface area contributed by atoms with E-state index in [1.807, 2.05) is 38.1 Å². The standard InChI is InChI=1S/C15H23ClN2O3S/c1-15(2,11-5-3-4-6-12(11)16)8-10-22(18,21)9-7-13(17)14(19)20/h3-6,13,18H,7-10,17H2,1-2H3,(H,19,20)/t13-,22?/m0/s1. The predicted octanol–water partition coefficient (Wildman–Crippen LogP) is 2.86. The van der Waals surface area contributed by atoms with Crippen molar-refractivity contribution in [2.45, 2.75) is 38.1 Å². The molecule has 0 radical (unpaired) electrons. The van der Waals surface area contributed by atoms with Crippen molar-refractivity contribution >= 4 is 27.3 Å². The SMILES string of the molecule is CC(C)(CCS(=N)(=O)CC[C@H](N)C(=O)O)c1ccccc1Cl. The molecule has 0 spiro atoms. The van der Waals surface area contributed by atoms with Gasteiger partial charge < -0.3 is 10.8 Å². The van der Waals surface area contributed by atoms with Crippen LogP contribution in [0.1, 0.15) is 32.3 Å². The topological polar surface area (TPSA) is 104 Å². The zero-order chi connectivity index (χ0) is 17.0. The van der Waals surface area contributed by atoms with Gasteiger partial charge in [0.25, 0.3) is 0 Å². The Labute approximate surface area is 136 Å². The van der Waals surface area contributed by atoms with E-state index in [9.17, 15) is 9.00 Å². The summed E-state index contributed by atoms with van der Waals surface area (Å²) in [5, 5.41) is 9.37. The average Bonchev–Trinajstić information content (AvgIpc) is 2.43. The van der Waals surface area contributed by atoms with Crippen LogP contribution in [0, 0.1) is 4.78 Å². The molecule has 1 aromatic carbocycles. The lowest BCUT2D eigenvalue weighted by Gasteiger charge is -2.27. The van der Waals surface area contributed by atoms with Crippen molar-refractivity contribution in [3.05, 3.63) is 34.9 Å². The maximum Gasteiger partial charge on any atom is 0.320 e. The zero-order valence-electron chi connectivity index (χ0n) is 12.8. The largest absolute Gasteiger partial charge is 0.480 e. The summed E-state index contributed by atoms with van der Waals surface area (Å²) >= 11 is 6.20. The summed E-state index contributed by atoms with van der Waals surface area (Å²) < 4.78 is 20.2. The predicted molar refractivity (Wildman–Crippen MR) is 89.9 cm³/mol. The van der Waals surface area contributed by atoms with Gasteiger partial charge in [0.15, 0.2) is 0 Å². The lowest BCUT2D eigenvalue weighted by Crippen LogP contribution is -2.32. The van der Waals surface area contributed by atoms with E-state index < -0.39 is 21.7 Å². The quantitative estimate of drug-likeness (QED) is 0.673. The Morgan fingerprint density at radius 2 is 2.00 bits per heavy atom. The first-order valence-electron chi connectivity index (χ1n) is 7.03. The van der Waals surface area contributed by atoms with Crippen molar-refractivity contribution in [3.8, 4) is 0 Å². The Hall–Kier alpha value is -1.11. The second kappa shape index (κ2) is 7.44. The normalized spacial score (nSPS) is 16.0. The van der Waals surface area contributed by atoms with Crippen LogP contribution in [0.5, 0.6) is 0 Å². The molecule has 7 heteroatoms. The molecule has 2 atom stereocenters. The molecule has 0 fully saturated rings. The molecule has 4 N–H and O–H groups in total. The summed E-state index contributed by atoms with van der Waals surface area (Å²) in [5.74, 6) is -0.942. The van der Waals surface area contributed by atoms with Crippen molar-refractivity contribution in [3.63, 3.8) is 0 Å². The highest BCUT2D eigenvalue weighted by molar-refractivity contribution is 7.92. The van der Waals surface area contributed by atoms with E-state index in [2.05, 4.69) is 0 Å². The number of halogens is 1. The number of aliphatic carboxylic acids is 1. The summed E-state index contributed by atoms with van der Waals surface area (Å²) in [4.78, 5) is 10.7. The van der Waals surface area contributed by atoms with Gasteiger partial charge >= 0.3 is 5.97 Å². The molecule has 124 valence electrons. The van der Waals surface area contributed by atoms with Gasteiger partial charge in [-0.2, -0.15) is 0 Å². The van der Waals surface area contributed by atoms with Crippen LogP contribution in [0.4, 0.5) is 0 Å². The molecular formula is C15H23ClN2O3S. The van der Waals surface area contributed by atoms with Crippen molar-refractivity contribution < 1.29 is 14.1 Å². The molecule has 0 saturated heterocycles. The van der Waals surface area contributed by atoms with Gasteiger partial charge in [-0.3, -0.25) is 9.57 Å². The molecule has 1 aromatic rings. The Balaban J connectivity index is 2.68. The number of nitrogens with two attached hydrogens (primary N) is 1. The minimum atomic E-state index is -2.85. The van der Waals surface area contributed by atoms with Crippen LogP contribution in [0.2, 0.25) is 5.02 Å². The van der Waals surface area contributed by atoms with Crippen LogP contribution in [-0.2, 0) is 19.9 Å². The number of carbonyl (C=O) groups is 1. The van der Waals surface area contributed by atoms with Gasteiger partial charge in [0.05, 0.1) is 0 Å². The van der Waals surface area contributed by atoms with Crippen LogP contribution < -0.4 is 5.73 Å². The minimum absolute atomic E-state index is 0.000924. The van der Waals surface area contributed by atoms with Crippen molar-refractivity contribution in [2.75, 3.05) is 11.5 Å². The monoisotopic (exact) mass is 346 g/mol. The molecule has 5 nitrogen and oxygen atoms in total. The van der Waals surface area contributed by atoms with Crippen molar-refractivity contribution in [2.24, 2.45) is 5.73 Å². The molecule has 0 aliphatic heterocycles. The summed E-state index contributed by atoms with van der Waals surface area (Å²) in [5.41, 5.74) is 6.03. The van der Waals surface area contributed by atoms with Crippen LogP contribution in [0.3, 0.4) is 0 Å². The second-order valence-corrected chi connectivity index (χ2v) is 8.91. The molecule has 0 amide bonds. The second-order valence-electron chi connectivity index (χ2n) is 6.07. The first-order valence-corrected chi connectivity index (χ1v) is 9.30. The summed E-state index contributed by atoms with van der Waals surface area (Å²) in [6.45, 7) is 3.99. The molecule has 1 rings (SSSR count). The molecule has 0 aliphatic carbocycles. The molecule has 0 heterocycles.